The van der Waals surface area contributed by atoms with Gasteiger partial charge in [0.15, 0.2) is 0 Å². The summed E-state index contributed by atoms with van der Waals surface area (Å²) in [6.07, 6.45) is 0.496. The van der Waals surface area contributed by atoms with Gasteiger partial charge < -0.3 is 19.5 Å². The maximum atomic E-state index is 11.8. The van der Waals surface area contributed by atoms with E-state index in [-0.39, 0.29) is 18.8 Å². The molecular weight excluding hydrogens is 246 g/mol. The fourth-order valence-corrected chi connectivity index (χ4v) is 2.06. The van der Waals surface area contributed by atoms with Crippen molar-refractivity contribution in [3.05, 3.63) is 35.9 Å². The molecule has 1 N–H and O–H groups in total. The van der Waals surface area contributed by atoms with Crippen LogP contribution in [0.4, 0.5) is 4.79 Å². The maximum absolute atomic E-state index is 11.8. The second-order valence-corrected chi connectivity index (χ2v) is 4.49. The molecule has 1 aliphatic rings. The Kier molecular flexibility index (Phi) is 5.18. The van der Waals surface area contributed by atoms with E-state index in [4.69, 9.17) is 14.6 Å². The summed E-state index contributed by atoms with van der Waals surface area (Å²) >= 11 is 0. The first-order valence-corrected chi connectivity index (χ1v) is 6.47. The van der Waals surface area contributed by atoms with Crippen LogP contribution in [-0.4, -0.2) is 48.5 Å². The summed E-state index contributed by atoms with van der Waals surface area (Å²) in [5, 5.41) is 8.68. The Morgan fingerprint density at radius 3 is 2.89 bits per heavy atom. The topological polar surface area (TPSA) is 59.0 Å². The maximum Gasteiger partial charge on any atom is 0.410 e. The van der Waals surface area contributed by atoms with Crippen LogP contribution in [0.15, 0.2) is 30.3 Å². The second kappa shape index (κ2) is 7.11. The molecule has 1 unspecified atom stereocenters. The molecule has 0 saturated carbocycles. The van der Waals surface area contributed by atoms with Crippen molar-refractivity contribution in [3.8, 4) is 0 Å². The van der Waals surface area contributed by atoms with E-state index < -0.39 is 0 Å². The number of hydrogen-bond donors (Lipinski definition) is 1. The van der Waals surface area contributed by atoms with Crippen molar-refractivity contribution in [2.45, 2.75) is 19.1 Å². The van der Waals surface area contributed by atoms with Crippen molar-refractivity contribution in [3.63, 3.8) is 0 Å². The Morgan fingerprint density at radius 1 is 1.37 bits per heavy atom. The summed E-state index contributed by atoms with van der Waals surface area (Å²) in [6, 6.07) is 9.60. The van der Waals surface area contributed by atoms with Gasteiger partial charge in [-0.2, -0.15) is 0 Å². The number of rotatable bonds is 5. The summed E-state index contributed by atoms with van der Waals surface area (Å²) in [5.41, 5.74) is 0.975. The summed E-state index contributed by atoms with van der Waals surface area (Å²) in [4.78, 5) is 13.5. The molecule has 1 aromatic carbocycles. The number of likely N-dealkylation sites (tertiary alicyclic amines) is 1. The van der Waals surface area contributed by atoms with Crippen LogP contribution in [0.5, 0.6) is 0 Å². The summed E-state index contributed by atoms with van der Waals surface area (Å²) in [5.74, 6) is 0. The number of carbonyl (C=O) groups is 1. The fourth-order valence-electron chi connectivity index (χ4n) is 2.06. The number of amides is 1. The smallest absolute Gasteiger partial charge is 0.410 e. The van der Waals surface area contributed by atoms with Crippen LogP contribution in [-0.2, 0) is 16.1 Å². The zero-order valence-corrected chi connectivity index (χ0v) is 10.8. The van der Waals surface area contributed by atoms with Gasteiger partial charge >= 0.3 is 6.09 Å². The third-order valence-electron chi connectivity index (χ3n) is 3.05. The van der Waals surface area contributed by atoms with Gasteiger partial charge in [0.05, 0.1) is 25.9 Å². The lowest BCUT2D eigenvalue weighted by Crippen LogP contribution is -2.30. The molecule has 2 rings (SSSR count). The second-order valence-electron chi connectivity index (χ2n) is 4.49. The Labute approximate surface area is 112 Å². The van der Waals surface area contributed by atoms with E-state index in [1.54, 1.807) is 4.90 Å². The fraction of sp³-hybridized carbons (Fsp3) is 0.500. The van der Waals surface area contributed by atoms with E-state index in [0.717, 1.165) is 12.0 Å². The number of benzene rings is 1. The molecule has 1 aliphatic heterocycles. The number of nitrogens with zero attached hydrogens (tertiary/aromatic N) is 1. The standard InChI is InChI=1S/C14H19NO4/c16-8-9-18-13-6-7-15(10-13)14(17)19-11-12-4-2-1-3-5-12/h1-5,13,16H,6-11H2. The first-order chi connectivity index (χ1) is 9.29. The molecule has 5 nitrogen and oxygen atoms in total. The quantitative estimate of drug-likeness (QED) is 0.874. The zero-order chi connectivity index (χ0) is 13.5. The third-order valence-corrected chi connectivity index (χ3v) is 3.05. The number of ether oxygens (including phenoxy) is 2. The van der Waals surface area contributed by atoms with E-state index >= 15 is 0 Å². The third kappa shape index (κ3) is 4.22. The molecule has 1 aromatic rings. The van der Waals surface area contributed by atoms with Gasteiger partial charge in [-0.1, -0.05) is 30.3 Å². The van der Waals surface area contributed by atoms with Gasteiger partial charge in [-0.25, -0.2) is 4.79 Å². The first-order valence-electron chi connectivity index (χ1n) is 6.47. The Morgan fingerprint density at radius 2 is 2.16 bits per heavy atom. The lowest BCUT2D eigenvalue weighted by molar-refractivity contribution is 0.0322. The molecule has 104 valence electrons. The van der Waals surface area contributed by atoms with E-state index in [1.165, 1.54) is 0 Å². The number of aliphatic hydroxyl groups excluding tert-OH is 1. The summed E-state index contributed by atoms with van der Waals surface area (Å²) in [6.45, 7) is 1.79. The van der Waals surface area contributed by atoms with Crippen molar-refractivity contribution in [2.75, 3.05) is 26.3 Å². The normalized spacial score (nSPS) is 18.6. The first kappa shape index (κ1) is 13.8. The van der Waals surface area contributed by atoms with Gasteiger partial charge in [0.2, 0.25) is 0 Å². The summed E-state index contributed by atoms with van der Waals surface area (Å²) < 4.78 is 10.6. The van der Waals surface area contributed by atoms with Gasteiger partial charge in [0, 0.05) is 6.54 Å². The molecule has 1 fully saturated rings. The Bertz CT molecular complexity index is 396. The van der Waals surface area contributed by atoms with E-state index in [1.807, 2.05) is 30.3 Å². The lowest BCUT2D eigenvalue weighted by atomic mass is 10.2. The van der Waals surface area contributed by atoms with E-state index in [2.05, 4.69) is 0 Å². The molecule has 0 aromatic heterocycles. The molecule has 1 saturated heterocycles. The van der Waals surface area contributed by atoms with Gasteiger partial charge in [-0.15, -0.1) is 0 Å². The predicted molar refractivity (Wildman–Crippen MR) is 69.6 cm³/mol. The number of aliphatic hydroxyl groups is 1. The van der Waals surface area contributed by atoms with Crippen LogP contribution in [0.1, 0.15) is 12.0 Å². The van der Waals surface area contributed by atoms with Gasteiger partial charge in [0.25, 0.3) is 0 Å². The highest BCUT2D eigenvalue weighted by Crippen LogP contribution is 2.14. The molecule has 0 bridgehead atoms. The zero-order valence-electron chi connectivity index (χ0n) is 10.8. The molecular formula is C14H19NO4. The van der Waals surface area contributed by atoms with Crippen LogP contribution >= 0.6 is 0 Å². The van der Waals surface area contributed by atoms with E-state index in [9.17, 15) is 4.79 Å². The average Bonchev–Trinajstić information content (AvgIpc) is 2.92. The van der Waals surface area contributed by atoms with Crippen molar-refractivity contribution in [2.24, 2.45) is 0 Å². The molecule has 0 aliphatic carbocycles. The van der Waals surface area contributed by atoms with Gasteiger partial charge in [-0.3, -0.25) is 0 Å². The van der Waals surface area contributed by atoms with Crippen LogP contribution in [0.2, 0.25) is 0 Å². The highest BCUT2D eigenvalue weighted by atomic mass is 16.6. The minimum atomic E-state index is -0.307. The van der Waals surface area contributed by atoms with Crippen LogP contribution in [0.3, 0.4) is 0 Å². The highest BCUT2D eigenvalue weighted by molar-refractivity contribution is 5.68. The van der Waals surface area contributed by atoms with Crippen molar-refractivity contribution < 1.29 is 19.4 Å². The predicted octanol–water partition coefficient (Wildman–Crippen LogP) is 1.41. The van der Waals surface area contributed by atoms with Crippen molar-refractivity contribution >= 4 is 6.09 Å². The van der Waals surface area contributed by atoms with Gasteiger partial charge in [-0.05, 0) is 12.0 Å². The molecule has 0 radical (unpaired) electrons. The number of hydrogen-bond acceptors (Lipinski definition) is 4. The molecule has 0 spiro atoms. The Hall–Kier alpha value is -1.59. The van der Waals surface area contributed by atoms with Crippen molar-refractivity contribution in [1.29, 1.82) is 0 Å². The molecule has 1 amide bonds. The summed E-state index contributed by atoms with van der Waals surface area (Å²) in [7, 11) is 0. The molecule has 1 atom stereocenters. The van der Waals surface area contributed by atoms with E-state index in [0.29, 0.717) is 26.3 Å². The SMILES string of the molecule is O=C(OCc1ccccc1)N1CCC(OCCO)C1. The molecule has 1 heterocycles. The number of carbonyl (C=O) groups excluding carboxylic acids is 1. The van der Waals surface area contributed by atoms with Crippen molar-refractivity contribution in [1.82, 2.24) is 4.90 Å². The minimum Gasteiger partial charge on any atom is -0.445 e. The largest absolute Gasteiger partial charge is 0.445 e. The van der Waals surface area contributed by atoms with Crippen LogP contribution in [0.25, 0.3) is 0 Å². The molecule has 19 heavy (non-hydrogen) atoms. The van der Waals surface area contributed by atoms with Gasteiger partial charge in [0.1, 0.15) is 6.61 Å². The minimum absolute atomic E-state index is 0.00888. The highest BCUT2D eigenvalue weighted by Gasteiger charge is 2.27. The lowest BCUT2D eigenvalue weighted by Gasteiger charge is -2.16. The molecule has 5 heteroatoms. The monoisotopic (exact) mass is 265 g/mol. The van der Waals surface area contributed by atoms with Crippen LogP contribution in [0, 0.1) is 0 Å². The van der Waals surface area contributed by atoms with Crippen LogP contribution < -0.4 is 0 Å². The average molecular weight is 265 g/mol. The Balaban J connectivity index is 1.72.